The van der Waals surface area contributed by atoms with Gasteiger partial charge in [0.25, 0.3) is 0 Å². The van der Waals surface area contributed by atoms with E-state index < -0.39 is 6.04 Å². The number of aryl methyl sites for hydroxylation is 1. The predicted molar refractivity (Wildman–Crippen MR) is 69.6 cm³/mol. The molecule has 2 rings (SSSR count). The fourth-order valence-electron chi connectivity index (χ4n) is 2.21. The minimum atomic E-state index is -0.474. The summed E-state index contributed by atoms with van der Waals surface area (Å²) >= 11 is 0. The summed E-state index contributed by atoms with van der Waals surface area (Å²) in [6, 6.07) is -0.474. The van der Waals surface area contributed by atoms with Crippen molar-refractivity contribution >= 4 is 5.97 Å². The third-order valence-electron chi connectivity index (χ3n) is 3.15. The van der Waals surface area contributed by atoms with Crippen molar-refractivity contribution in [2.75, 3.05) is 19.8 Å². The first-order valence-corrected chi connectivity index (χ1v) is 6.71. The second-order valence-electron chi connectivity index (χ2n) is 4.68. The van der Waals surface area contributed by atoms with E-state index in [1.807, 2.05) is 13.2 Å². The number of ether oxygens (including phenoxy) is 2. The topological polar surface area (TPSA) is 65.4 Å². The number of carbonyl (C=O) groups excluding carboxylic acids is 1. The zero-order valence-corrected chi connectivity index (χ0v) is 11.5. The molecular weight excluding hydrogens is 246 g/mol. The number of rotatable bonds is 6. The summed E-state index contributed by atoms with van der Waals surface area (Å²) in [6.07, 6.45) is 5.82. The molecule has 1 fully saturated rings. The number of carbonyl (C=O) groups is 1. The van der Waals surface area contributed by atoms with Gasteiger partial charge in [0.15, 0.2) is 0 Å². The molecule has 0 radical (unpaired) electrons. The molecule has 106 valence electrons. The van der Waals surface area contributed by atoms with Gasteiger partial charge in [-0.3, -0.25) is 10.00 Å². The molecule has 0 aliphatic carbocycles. The van der Waals surface area contributed by atoms with E-state index in [1.54, 1.807) is 17.8 Å². The summed E-state index contributed by atoms with van der Waals surface area (Å²) in [6.45, 7) is 3.64. The highest BCUT2D eigenvalue weighted by Gasteiger charge is 2.25. The largest absolute Gasteiger partial charge is 0.465 e. The third-order valence-corrected chi connectivity index (χ3v) is 3.15. The van der Waals surface area contributed by atoms with Crippen LogP contribution in [0.3, 0.4) is 0 Å². The fourth-order valence-corrected chi connectivity index (χ4v) is 2.21. The van der Waals surface area contributed by atoms with Gasteiger partial charge in [0.2, 0.25) is 0 Å². The lowest BCUT2D eigenvalue weighted by molar-refractivity contribution is -0.146. The average Bonchev–Trinajstić information content (AvgIpc) is 3.02. The van der Waals surface area contributed by atoms with E-state index in [1.165, 1.54) is 0 Å². The van der Waals surface area contributed by atoms with Crippen LogP contribution in [0.25, 0.3) is 0 Å². The highest BCUT2D eigenvalue weighted by Crippen LogP contribution is 2.16. The first-order valence-electron chi connectivity index (χ1n) is 6.71. The lowest BCUT2D eigenvalue weighted by Crippen LogP contribution is -2.35. The summed E-state index contributed by atoms with van der Waals surface area (Å²) in [5.74, 6) is -0.270. The van der Waals surface area contributed by atoms with E-state index in [4.69, 9.17) is 9.47 Å². The lowest BCUT2D eigenvalue weighted by Gasteiger charge is -2.18. The van der Waals surface area contributed by atoms with Crippen LogP contribution in [-0.4, -0.2) is 41.6 Å². The number of hydrogen-bond donors (Lipinski definition) is 1. The second kappa shape index (κ2) is 6.68. The van der Waals surface area contributed by atoms with Gasteiger partial charge in [-0.05, 0) is 19.8 Å². The van der Waals surface area contributed by atoms with Crippen molar-refractivity contribution in [2.45, 2.75) is 31.9 Å². The first-order chi connectivity index (χ1) is 9.20. The number of nitrogens with zero attached hydrogens (tertiary/aromatic N) is 2. The van der Waals surface area contributed by atoms with Crippen molar-refractivity contribution in [1.82, 2.24) is 15.1 Å². The molecule has 0 amide bonds. The second-order valence-corrected chi connectivity index (χ2v) is 4.68. The molecule has 1 aromatic heterocycles. The Morgan fingerprint density at radius 2 is 2.58 bits per heavy atom. The summed E-state index contributed by atoms with van der Waals surface area (Å²) in [7, 11) is 1.83. The van der Waals surface area contributed by atoms with Crippen LogP contribution in [0.2, 0.25) is 0 Å². The predicted octanol–water partition coefficient (Wildman–Crippen LogP) is 0.793. The van der Waals surface area contributed by atoms with Gasteiger partial charge in [0, 0.05) is 32.0 Å². The summed E-state index contributed by atoms with van der Waals surface area (Å²) < 4.78 is 12.3. The van der Waals surface area contributed by atoms with Crippen molar-refractivity contribution in [3.63, 3.8) is 0 Å². The molecule has 19 heavy (non-hydrogen) atoms. The molecule has 0 bridgehead atoms. The van der Waals surface area contributed by atoms with Crippen LogP contribution in [0.5, 0.6) is 0 Å². The minimum absolute atomic E-state index is 0.189. The number of nitrogens with one attached hydrogen (secondary N) is 1. The Balaban J connectivity index is 1.98. The Morgan fingerprint density at radius 1 is 1.74 bits per heavy atom. The van der Waals surface area contributed by atoms with Gasteiger partial charge in [-0.25, -0.2) is 4.79 Å². The van der Waals surface area contributed by atoms with Gasteiger partial charge in [-0.1, -0.05) is 0 Å². The molecule has 1 aromatic rings. The molecule has 1 aliphatic rings. The highest BCUT2D eigenvalue weighted by molar-refractivity contribution is 5.77. The molecule has 0 aromatic carbocycles. The normalized spacial score (nSPS) is 20.4. The average molecular weight is 267 g/mol. The van der Waals surface area contributed by atoms with Gasteiger partial charge < -0.3 is 9.47 Å². The summed E-state index contributed by atoms with van der Waals surface area (Å²) in [5.41, 5.74) is 0.818. The van der Waals surface area contributed by atoms with Crippen molar-refractivity contribution in [3.8, 4) is 0 Å². The molecule has 1 N–H and O–H groups in total. The minimum Gasteiger partial charge on any atom is -0.465 e. The monoisotopic (exact) mass is 267 g/mol. The van der Waals surface area contributed by atoms with Gasteiger partial charge in [-0.2, -0.15) is 5.10 Å². The number of hydrogen-bond acceptors (Lipinski definition) is 5. The molecule has 1 aliphatic heterocycles. The van der Waals surface area contributed by atoms with E-state index in [0.717, 1.165) is 25.0 Å². The standard InChI is InChI=1S/C13H21N3O3/c1-3-18-13(17)12(10-7-15-16(2)9-10)14-8-11-5-4-6-19-11/h7,9,11-12,14H,3-6,8H2,1-2H3. The van der Waals surface area contributed by atoms with Crippen molar-refractivity contribution < 1.29 is 14.3 Å². The Morgan fingerprint density at radius 3 is 3.16 bits per heavy atom. The molecular formula is C13H21N3O3. The maximum Gasteiger partial charge on any atom is 0.327 e. The molecule has 2 heterocycles. The molecule has 2 unspecified atom stereocenters. The van der Waals surface area contributed by atoms with Crippen LogP contribution in [0.15, 0.2) is 12.4 Å². The highest BCUT2D eigenvalue weighted by atomic mass is 16.5. The fraction of sp³-hybridized carbons (Fsp3) is 0.692. The van der Waals surface area contributed by atoms with Crippen LogP contribution >= 0.6 is 0 Å². The van der Waals surface area contributed by atoms with Crippen molar-refractivity contribution in [2.24, 2.45) is 7.05 Å². The lowest BCUT2D eigenvalue weighted by atomic mass is 10.1. The quantitative estimate of drug-likeness (QED) is 0.772. The van der Waals surface area contributed by atoms with Crippen LogP contribution in [-0.2, 0) is 21.3 Å². The Labute approximate surface area is 113 Å². The van der Waals surface area contributed by atoms with Crippen LogP contribution < -0.4 is 5.32 Å². The van der Waals surface area contributed by atoms with Gasteiger partial charge in [0.05, 0.1) is 18.9 Å². The number of esters is 1. The van der Waals surface area contributed by atoms with E-state index in [9.17, 15) is 4.79 Å². The molecule has 6 nitrogen and oxygen atoms in total. The molecule has 0 spiro atoms. The van der Waals surface area contributed by atoms with Gasteiger partial charge in [-0.15, -0.1) is 0 Å². The van der Waals surface area contributed by atoms with E-state index >= 15 is 0 Å². The Bertz CT molecular complexity index is 413. The Hall–Kier alpha value is -1.40. The SMILES string of the molecule is CCOC(=O)C(NCC1CCCO1)c1cnn(C)c1. The molecule has 2 atom stereocenters. The van der Waals surface area contributed by atoms with Crippen LogP contribution in [0.1, 0.15) is 31.4 Å². The van der Waals surface area contributed by atoms with E-state index in [-0.39, 0.29) is 12.1 Å². The maximum absolute atomic E-state index is 12.0. The van der Waals surface area contributed by atoms with E-state index in [0.29, 0.717) is 13.2 Å². The zero-order valence-electron chi connectivity index (χ0n) is 11.5. The van der Waals surface area contributed by atoms with E-state index in [2.05, 4.69) is 10.4 Å². The smallest absolute Gasteiger partial charge is 0.327 e. The number of aromatic nitrogens is 2. The maximum atomic E-state index is 12.0. The molecule has 0 saturated carbocycles. The first kappa shape index (κ1) is 14.0. The van der Waals surface area contributed by atoms with Crippen LogP contribution in [0.4, 0.5) is 0 Å². The van der Waals surface area contributed by atoms with Crippen molar-refractivity contribution in [3.05, 3.63) is 18.0 Å². The summed E-state index contributed by atoms with van der Waals surface area (Å²) in [4.78, 5) is 12.0. The van der Waals surface area contributed by atoms with Crippen LogP contribution in [0, 0.1) is 0 Å². The third kappa shape index (κ3) is 3.78. The summed E-state index contributed by atoms with van der Waals surface area (Å²) in [5, 5.41) is 7.32. The van der Waals surface area contributed by atoms with Gasteiger partial charge in [0.1, 0.15) is 6.04 Å². The zero-order chi connectivity index (χ0) is 13.7. The van der Waals surface area contributed by atoms with Crippen molar-refractivity contribution in [1.29, 1.82) is 0 Å². The molecule has 1 saturated heterocycles. The molecule has 6 heteroatoms. The Kier molecular flexibility index (Phi) is 4.93. The van der Waals surface area contributed by atoms with Gasteiger partial charge >= 0.3 is 5.97 Å².